The summed E-state index contributed by atoms with van der Waals surface area (Å²) < 4.78 is 29.9. The van der Waals surface area contributed by atoms with E-state index in [0.717, 1.165) is 0 Å². The van der Waals surface area contributed by atoms with Crippen molar-refractivity contribution in [3.05, 3.63) is 23.1 Å². The Balaban J connectivity index is 2.19. The van der Waals surface area contributed by atoms with Gasteiger partial charge in [-0.1, -0.05) is 16.8 Å². The molecule has 7 heteroatoms. The van der Waals surface area contributed by atoms with E-state index in [0.29, 0.717) is 30.9 Å². The SMILES string of the molecule is Nc1oncc1-c1cc2c(c(Cl)c1F)OCCCO2. The molecule has 0 radical (unpaired) electrons. The fraction of sp³-hybridized carbons (Fsp3) is 0.250. The molecule has 0 spiro atoms. The van der Waals surface area contributed by atoms with Crippen LogP contribution in [0.25, 0.3) is 11.1 Å². The van der Waals surface area contributed by atoms with Gasteiger partial charge < -0.3 is 19.7 Å². The van der Waals surface area contributed by atoms with E-state index < -0.39 is 5.82 Å². The molecule has 0 saturated carbocycles. The van der Waals surface area contributed by atoms with E-state index in [4.69, 9.17) is 31.3 Å². The zero-order chi connectivity index (χ0) is 13.4. The molecule has 2 heterocycles. The second kappa shape index (κ2) is 4.62. The zero-order valence-electron chi connectivity index (χ0n) is 9.78. The Hall–Kier alpha value is -1.95. The summed E-state index contributed by atoms with van der Waals surface area (Å²) in [5.41, 5.74) is 6.09. The molecule has 0 amide bonds. The molecule has 2 aromatic rings. The predicted octanol–water partition coefficient (Wildman–Crippen LogP) is 2.88. The highest BCUT2D eigenvalue weighted by atomic mass is 35.5. The van der Waals surface area contributed by atoms with E-state index >= 15 is 0 Å². The molecule has 0 atom stereocenters. The lowest BCUT2D eigenvalue weighted by Gasteiger charge is -2.12. The highest BCUT2D eigenvalue weighted by Gasteiger charge is 2.24. The van der Waals surface area contributed by atoms with Crippen molar-refractivity contribution in [1.29, 1.82) is 0 Å². The van der Waals surface area contributed by atoms with Crippen molar-refractivity contribution < 1.29 is 18.4 Å². The number of fused-ring (bicyclic) bond motifs is 1. The smallest absolute Gasteiger partial charge is 0.230 e. The molecule has 19 heavy (non-hydrogen) atoms. The number of aromatic nitrogens is 1. The van der Waals surface area contributed by atoms with Gasteiger partial charge in [0.25, 0.3) is 0 Å². The third-order valence-corrected chi connectivity index (χ3v) is 3.15. The summed E-state index contributed by atoms with van der Waals surface area (Å²) in [6, 6.07) is 1.49. The summed E-state index contributed by atoms with van der Waals surface area (Å²) >= 11 is 5.99. The molecule has 1 aromatic carbocycles. The van der Waals surface area contributed by atoms with Gasteiger partial charge in [-0.3, -0.25) is 0 Å². The van der Waals surface area contributed by atoms with Crippen LogP contribution in [0.4, 0.5) is 10.3 Å². The van der Waals surface area contributed by atoms with Crippen molar-refractivity contribution in [1.82, 2.24) is 5.16 Å². The summed E-state index contributed by atoms with van der Waals surface area (Å²) in [5, 5.41) is 3.39. The van der Waals surface area contributed by atoms with E-state index in [-0.39, 0.29) is 22.2 Å². The Kier molecular flexibility index (Phi) is 2.94. The van der Waals surface area contributed by atoms with Crippen LogP contribution in [0.5, 0.6) is 11.5 Å². The number of hydrogen-bond donors (Lipinski definition) is 1. The first-order chi connectivity index (χ1) is 9.18. The summed E-state index contributed by atoms with van der Waals surface area (Å²) in [6.45, 7) is 0.911. The van der Waals surface area contributed by atoms with Crippen molar-refractivity contribution >= 4 is 17.5 Å². The highest BCUT2D eigenvalue weighted by Crippen LogP contribution is 2.44. The predicted molar refractivity (Wildman–Crippen MR) is 66.9 cm³/mol. The van der Waals surface area contributed by atoms with Gasteiger partial charge in [0.2, 0.25) is 5.88 Å². The van der Waals surface area contributed by atoms with E-state index in [1.807, 2.05) is 0 Å². The first-order valence-electron chi connectivity index (χ1n) is 5.66. The van der Waals surface area contributed by atoms with Crippen molar-refractivity contribution in [3.8, 4) is 22.6 Å². The van der Waals surface area contributed by atoms with Gasteiger partial charge in [0, 0.05) is 12.0 Å². The lowest BCUT2D eigenvalue weighted by molar-refractivity contribution is 0.297. The number of hydrogen-bond acceptors (Lipinski definition) is 5. The average molecular weight is 285 g/mol. The Bertz CT molecular complexity index is 630. The fourth-order valence-corrected chi connectivity index (χ4v) is 2.14. The first-order valence-corrected chi connectivity index (χ1v) is 6.04. The van der Waals surface area contributed by atoms with Crippen LogP contribution in [0.2, 0.25) is 5.02 Å². The van der Waals surface area contributed by atoms with E-state index in [9.17, 15) is 4.39 Å². The molecule has 1 aliphatic rings. The largest absolute Gasteiger partial charge is 0.489 e. The summed E-state index contributed by atoms with van der Waals surface area (Å²) in [7, 11) is 0. The summed E-state index contributed by atoms with van der Waals surface area (Å²) in [4.78, 5) is 0. The molecule has 100 valence electrons. The Morgan fingerprint density at radius 1 is 1.26 bits per heavy atom. The number of nitrogens with zero attached hydrogens (tertiary/aromatic N) is 1. The average Bonchev–Trinajstić information content (AvgIpc) is 2.68. The second-order valence-corrected chi connectivity index (χ2v) is 4.41. The first kappa shape index (κ1) is 12.1. The summed E-state index contributed by atoms with van der Waals surface area (Å²) in [6.07, 6.45) is 2.03. The molecule has 0 aliphatic carbocycles. The molecular weight excluding hydrogens is 275 g/mol. The number of ether oxygens (including phenoxy) is 2. The maximum absolute atomic E-state index is 14.3. The third-order valence-electron chi connectivity index (χ3n) is 2.81. The third kappa shape index (κ3) is 1.98. The molecule has 0 saturated heterocycles. The van der Waals surface area contributed by atoms with Gasteiger partial charge in [0.1, 0.15) is 5.02 Å². The molecule has 0 unspecified atom stereocenters. The van der Waals surface area contributed by atoms with Gasteiger partial charge in [-0.2, -0.15) is 0 Å². The molecule has 0 fully saturated rings. The quantitative estimate of drug-likeness (QED) is 0.872. The number of rotatable bonds is 1. The number of nitrogen functional groups attached to an aromatic ring is 1. The van der Waals surface area contributed by atoms with Crippen LogP contribution in [0.1, 0.15) is 6.42 Å². The number of nitrogens with two attached hydrogens (primary N) is 1. The van der Waals surface area contributed by atoms with Gasteiger partial charge in [-0.05, 0) is 6.07 Å². The molecular formula is C12H10ClFN2O3. The molecule has 5 nitrogen and oxygen atoms in total. The number of halogens is 2. The van der Waals surface area contributed by atoms with Crippen LogP contribution in [0, 0.1) is 5.82 Å². The monoisotopic (exact) mass is 284 g/mol. The van der Waals surface area contributed by atoms with Gasteiger partial charge in [-0.15, -0.1) is 0 Å². The van der Waals surface area contributed by atoms with Crippen LogP contribution in [0.3, 0.4) is 0 Å². The minimum Gasteiger partial charge on any atom is -0.489 e. The van der Waals surface area contributed by atoms with Crippen LogP contribution < -0.4 is 15.2 Å². The van der Waals surface area contributed by atoms with Crippen molar-refractivity contribution in [3.63, 3.8) is 0 Å². The van der Waals surface area contributed by atoms with Gasteiger partial charge in [-0.25, -0.2) is 4.39 Å². The van der Waals surface area contributed by atoms with Crippen molar-refractivity contribution in [2.45, 2.75) is 6.42 Å². The zero-order valence-corrected chi connectivity index (χ0v) is 10.5. The highest BCUT2D eigenvalue weighted by molar-refractivity contribution is 6.32. The van der Waals surface area contributed by atoms with Gasteiger partial charge in [0.05, 0.1) is 25.0 Å². The lowest BCUT2D eigenvalue weighted by Crippen LogP contribution is -1.97. The lowest BCUT2D eigenvalue weighted by atomic mass is 10.1. The second-order valence-electron chi connectivity index (χ2n) is 4.03. The van der Waals surface area contributed by atoms with Crippen LogP contribution >= 0.6 is 11.6 Å². The summed E-state index contributed by atoms with van der Waals surface area (Å²) in [5.74, 6) is -0.0137. The number of anilines is 1. The molecule has 3 rings (SSSR count). The maximum atomic E-state index is 14.3. The van der Waals surface area contributed by atoms with E-state index in [1.54, 1.807) is 0 Å². The van der Waals surface area contributed by atoms with Crippen LogP contribution in [-0.2, 0) is 0 Å². The van der Waals surface area contributed by atoms with Crippen molar-refractivity contribution in [2.75, 3.05) is 18.9 Å². The Morgan fingerprint density at radius 2 is 2.05 bits per heavy atom. The molecule has 0 bridgehead atoms. The fourth-order valence-electron chi connectivity index (χ4n) is 1.89. The van der Waals surface area contributed by atoms with Gasteiger partial charge in [0.15, 0.2) is 17.3 Å². The molecule has 1 aliphatic heterocycles. The van der Waals surface area contributed by atoms with Crippen molar-refractivity contribution in [2.24, 2.45) is 0 Å². The Morgan fingerprint density at radius 3 is 2.79 bits per heavy atom. The van der Waals surface area contributed by atoms with Crippen LogP contribution in [0.15, 0.2) is 16.8 Å². The molecule has 1 aromatic heterocycles. The topological polar surface area (TPSA) is 70.5 Å². The van der Waals surface area contributed by atoms with E-state index in [2.05, 4.69) is 5.16 Å². The standard InChI is InChI=1S/C12H10ClFN2O3/c13-9-10(14)6(7-5-16-19-12(7)15)4-8-11(9)18-3-1-2-17-8/h4-5H,1-3,15H2. The van der Waals surface area contributed by atoms with Crippen LogP contribution in [-0.4, -0.2) is 18.4 Å². The Labute approximate surface area is 113 Å². The van der Waals surface area contributed by atoms with E-state index in [1.165, 1.54) is 12.3 Å². The minimum atomic E-state index is -0.638. The normalized spacial score (nSPS) is 14.2. The molecule has 2 N–H and O–H groups in total. The maximum Gasteiger partial charge on any atom is 0.230 e. The van der Waals surface area contributed by atoms with Gasteiger partial charge >= 0.3 is 0 Å². The minimum absolute atomic E-state index is 0.0180. The number of benzene rings is 1.